The van der Waals surface area contributed by atoms with Crippen LogP contribution < -0.4 is 5.73 Å². The minimum Gasteiger partial charge on any atom is -0.481 e. The molecule has 1 aromatic carbocycles. The first-order valence-corrected chi connectivity index (χ1v) is 17.2. The number of ether oxygens (including phenoxy) is 1. The molecule has 1 aromatic rings. The van der Waals surface area contributed by atoms with E-state index in [9.17, 15) is 19.1 Å². The van der Waals surface area contributed by atoms with Crippen LogP contribution in [-0.2, 0) is 20.7 Å². The number of amides is 1. The van der Waals surface area contributed by atoms with Crippen molar-refractivity contribution in [2.75, 3.05) is 18.9 Å². The maximum absolute atomic E-state index is 14.1. The van der Waals surface area contributed by atoms with Crippen molar-refractivity contribution in [3.63, 3.8) is 0 Å². The fourth-order valence-electron chi connectivity index (χ4n) is 5.34. The highest BCUT2D eigenvalue weighted by Crippen LogP contribution is 2.31. The summed E-state index contributed by atoms with van der Waals surface area (Å²) < 4.78 is 20.2. The summed E-state index contributed by atoms with van der Waals surface area (Å²) in [4.78, 5) is 27.3. The van der Waals surface area contributed by atoms with Crippen LogP contribution in [-0.4, -0.2) is 52.2 Å². The Kier molecular flexibility index (Phi) is 18.6. The smallest absolute Gasteiger partial charge is 0.309 e. The Morgan fingerprint density at radius 3 is 2.39 bits per heavy atom. The number of allylic oxidation sites excluding steroid dienone is 1. The van der Waals surface area contributed by atoms with Gasteiger partial charge < -0.3 is 20.5 Å². The molecular formula is C35H58FN3O4S. The van der Waals surface area contributed by atoms with Crippen LogP contribution >= 0.6 is 11.8 Å². The average Bonchev–Trinajstić information content (AvgIpc) is 2.95. The molecule has 250 valence electrons. The van der Waals surface area contributed by atoms with Crippen LogP contribution in [0.3, 0.4) is 0 Å². The van der Waals surface area contributed by atoms with Gasteiger partial charge >= 0.3 is 5.97 Å². The zero-order chi connectivity index (χ0) is 33.3. The molecule has 0 saturated heterocycles. The Morgan fingerprint density at radius 1 is 1.14 bits per heavy atom. The number of aliphatic carboxylic acids is 1. The molecule has 0 saturated carbocycles. The number of nitrogens with one attached hydrogen (secondary N) is 1. The first-order chi connectivity index (χ1) is 20.8. The zero-order valence-electron chi connectivity index (χ0n) is 28.2. The van der Waals surface area contributed by atoms with E-state index in [0.29, 0.717) is 37.3 Å². The summed E-state index contributed by atoms with van der Waals surface area (Å²) >= 11 is 1.25. The average molecular weight is 636 g/mol. The van der Waals surface area contributed by atoms with Gasteiger partial charge in [-0.25, -0.2) is 4.39 Å². The van der Waals surface area contributed by atoms with Gasteiger partial charge in [0, 0.05) is 32.0 Å². The van der Waals surface area contributed by atoms with Gasteiger partial charge in [-0.15, -0.1) is 0 Å². The number of rotatable bonds is 22. The summed E-state index contributed by atoms with van der Waals surface area (Å²) in [5.41, 5.74) is 5.46. The van der Waals surface area contributed by atoms with Crippen molar-refractivity contribution in [2.24, 2.45) is 17.3 Å². The summed E-state index contributed by atoms with van der Waals surface area (Å²) in [6.45, 7) is 15.0. The quantitative estimate of drug-likeness (QED) is 0.0508. The second-order valence-electron chi connectivity index (χ2n) is 12.8. The molecule has 0 aliphatic carbocycles. The first-order valence-electron chi connectivity index (χ1n) is 16.4. The number of carbonyl (C=O) groups excluding carboxylic acids is 1. The summed E-state index contributed by atoms with van der Waals surface area (Å²) in [6.07, 6.45) is 9.47. The molecule has 1 rings (SSSR count). The highest BCUT2D eigenvalue weighted by molar-refractivity contribution is 8.16. The van der Waals surface area contributed by atoms with Crippen LogP contribution in [0.4, 0.5) is 10.1 Å². The van der Waals surface area contributed by atoms with Crippen molar-refractivity contribution < 1.29 is 23.8 Å². The second kappa shape index (κ2) is 20.6. The molecule has 3 atom stereocenters. The van der Waals surface area contributed by atoms with Crippen LogP contribution in [0.1, 0.15) is 112 Å². The number of hydrogen-bond donors (Lipinski definition) is 3. The number of carboxylic acid groups (broad SMARTS) is 1. The molecule has 0 fully saturated rings. The molecule has 0 aromatic heterocycles. The van der Waals surface area contributed by atoms with Crippen LogP contribution in [0, 0.1) is 28.5 Å². The number of nitrogen functional groups attached to an aromatic ring is 1. The Bertz CT molecular complexity index is 1060. The van der Waals surface area contributed by atoms with E-state index in [1.165, 1.54) is 23.9 Å². The van der Waals surface area contributed by atoms with Gasteiger partial charge in [0.15, 0.2) is 0 Å². The maximum Gasteiger partial charge on any atom is 0.309 e. The minimum atomic E-state index is -0.983. The second-order valence-corrected chi connectivity index (χ2v) is 13.7. The number of nitrogens with zero attached hydrogens (tertiary/aromatic N) is 1. The van der Waals surface area contributed by atoms with Gasteiger partial charge in [-0.1, -0.05) is 77.3 Å². The van der Waals surface area contributed by atoms with E-state index in [-0.39, 0.29) is 29.5 Å². The van der Waals surface area contributed by atoms with Crippen molar-refractivity contribution in [1.29, 1.82) is 5.41 Å². The molecule has 3 unspecified atom stereocenters. The Balaban J connectivity index is 3.15. The third-order valence-electron chi connectivity index (χ3n) is 8.06. The molecule has 0 aliphatic rings. The van der Waals surface area contributed by atoms with Crippen LogP contribution in [0.25, 0.3) is 0 Å². The van der Waals surface area contributed by atoms with E-state index >= 15 is 0 Å². The van der Waals surface area contributed by atoms with Crippen molar-refractivity contribution in [1.82, 2.24) is 4.90 Å². The summed E-state index contributed by atoms with van der Waals surface area (Å²) in [5.74, 6) is -1.21. The Labute approximate surface area is 270 Å². The molecule has 0 heterocycles. The molecule has 4 N–H and O–H groups in total. The van der Waals surface area contributed by atoms with Gasteiger partial charge in [-0.2, -0.15) is 0 Å². The predicted octanol–water partition coefficient (Wildman–Crippen LogP) is 8.71. The number of nitrogens with two attached hydrogens (primary N) is 1. The number of benzene rings is 1. The fourth-order valence-corrected chi connectivity index (χ4v) is 6.10. The van der Waals surface area contributed by atoms with Crippen molar-refractivity contribution in [3.8, 4) is 0 Å². The van der Waals surface area contributed by atoms with Crippen molar-refractivity contribution in [3.05, 3.63) is 41.1 Å². The first kappa shape index (κ1) is 39.6. The lowest BCUT2D eigenvalue weighted by molar-refractivity contribution is -0.147. The lowest BCUT2D eigenvalue weighted by Gasteiger charge is -2.37. The van der Waals surface area contributed by atoms with Crippen molar-refractivity contribution in [2.45, 2.75) is 125 Å². The highest BCUT2D eigenvalue weighted by Gasteiger charge is 2.32. The zero-order valence-corrected chi connectivity index (χ0v) is 29.0. The maximum atomic E-state index is 14.1. The van der Waals surface area contributed by atoms with Crippen LogP contribution in [0.5, 0.6) is 0 Å². The molecule has 1 amide bonds. The van der Waals surface area contributed by atoms with Gasteiger partial charge in [0.1, 0.15) is 11.9 Å². The minimum absolute atomic E-state index is 0.0491. The van der Waals surface area contributed by atoms with E-state index in [1.807, 2.05) is 23.3 Å². The number of thioether (sulfide) groups is 1. The highest BCUT2D eigenvalue weighted by atomic mass is 32.2. The number of carbonyl (C=O) groups is 2. The lowest BCUT2D eigenvalue weighted by atomic mass is 9.80. The number of anilines is 1. The normalized spacial score (nSPS) is 14.1. The SMILES string of the molecule is CCCCCCN(C(=O)CCCC)C(CC(OCC)C(=N)S/C=C/C(Cc1ccc(N)c(F)c1)CC(C)(C)C(=O)O)C(C)C. The molecule has 0 bridgehead atoms. The van der Waals surface area contributed by atoms with E-state index in [2.05, 4.69) is 27.7 Å². The Morgan fingerprint density at radius 2 is 1.82 bits per heavy atom. The number of halogens is 1. The monoisotopic (exact) mass is 635 g/mol. The van der Waals surface area contributed by atoms with E-state index < -0.39 is 23.3 Å². The topological polar surface area (TPSA) is 117 Å². The van der Waals surface area contributed by atoms with E-state index in [0.717, 1.165) is 50.6 Å². The van der Waals surface area contributed by atoms with Crippen LogP contribution in [0.15, 0.2) is 29.7 Å². The van der Waals surface area contributed by atoms with Gasteiger partial charge in [-0.05, 0) is 81.4 Å². The van der Waals surface area contributed by atoms with E-state index in [1.54, 1.807) is 19.9 Å². The van der Waals surface area contributed by atoms with Crippen LogP contribution in [0.2, 0.25) is 0 Å². The van der Waals surface area contributed by atoms with Gasteiger partial charge in [0.25, 0.3) is 0 Å². The standard InChI is InChI=1S/C35H58FN3O4S/c1-8-11-13-14-19-39(32(40)15-12-9-2)30(25(4)5)23-31(43-10-3)33(38)44-20-18-27(24-35(6,7)34(41)42)21-26-16-17-29(37)28(36)22-26/h16-18,20,22,25,27,30-31,38H,8-15,19,21,23-24,37H2,1-7H3,(H,41,42)/b20-18+,38-33?. The molecule has 7 nitrogen and oxygen atoms in total. The molecule has 9 heteroatoms. The number of carboxylic acids is 1. The van der Waals surface area contributed by atoms with Gasteiger partial charge in [0.05, 0.1) is 16.1 Å². The third-order valence-corrected chi connectivity index (χ3v) is 8.87. The molecule has 0 spiro atoms. The lowest BCUT2D eigenvalue weighted by Crippen LogP contribution is -2.46. The summed E-state index contributed by atoms with van der Waals surface area (Å²) in [7, 11) is 0. The number of hydrogen-bond acceptors (Lipinski definition) is 6. The Hall–Kier alpha value is -2.39. The molecular weight excluding hydrogens is 577 g/mol. The predicted molar refractivity (Wildman–Crippen MR) is 183 cm³/mol. The molecule has 0 aliphatic heterocycles. The third kappa shape index (κ3) is 14.1. The van der Waals surface area contributed by atoms with Crippen molar-refractivity contribution >= 4 is 34.4 Å². The largest absolute Gasteiger partial charge is 0.481 e. The summed E-state index contributed by atoms with van der Waals surface area (Å²) in [6, 6.07) is 4.63. The fraction of sp³-hybridized carbons (Fsp3) is 0.686. The summed E-state index contributed by atoms with van der Waals surface area (Å²) in [5, 5.41) is 20.8. The van der Waals surface area contributed by atoms with Gasteiger partial charge in [0.2, 0.25) is 5.91 Å². The molecule has 44 heavy (non-hydrogen) atoms. The number of unbranched alkanes of at least 4 members (excludes halogenated alkanes) is 4. The van der Waals surface area contributed by atoms with Gasteiger partial charge in [-0.3, -0.25) is 15.0 Å². The molecule has 0 radical (unpaired) electrons. The van der Waals surface area contributed by atoms with E-state index in [4.69, 9.17) is 15.9 Å².